The van der Waals surface area contributed by atoms with Crippen molar-refractivity contribution in [3.05, 3.63) is 76.1 Å². The Morgan fingerprint density at radius 2 is 1.96 bits per heavy atom. The van der Waals surface area contributed by atoms with Crippen LogP contribution >= 0.6 is 0 Å². The van der Waals surface area contributed by atoms with Crippen molar-refractivity contribution in [2.24, 2.45) is 5.10 Å². The molecule has 3 aromatic rings. The summed E-state index contributed by atoms with van der Waals surface area (Å²) in [4.78, 5) is 12.7. The molecule has 2 aromatic carbocycles. The number of nitrogens with zero attached hydrogens (tertiary/aromatic N) is 1. The van der Waals surface area contributed by atoms with Crippen molar-refractivity contribution < 1.29 is 9.15 Å². The highest BCUT2D eigenvalue weighted by atomic mass is 16.5. The zero-order valence-electron chi connectivity index (χ0n) is 13.2. The largest absolute Gasteiger partial charge is 0.497 e. The molecular weight excluding hydrogens is 304 g/mol. The van der Waals surface area contributed by atoms with Crippen molar-refractivity contribution in [3.63, 3.8) is 0 Å². The smallest absolute Gasteiger partial charge is 0.198 e. The van der Waals surface area contributed by atoms with Crippen molar-refractivity contribution in [2.45, 2.75) is 12.5 Å². The Morgan fingerprint density at radius 1 is 1.17 bits per heavy atom. The Labute approximate surface area is 138 Å². The first-order valence-corrected chi connectivity index (χ1v) is 7.73. The molecule has 1 aliphatic rings. The fraction of sp³-hybridized carbons (Fsp3) is 0.158. The van der Waals surface area contributed by atoms with Crippen LogP contribution in [0.25, 0.3) is 11.0 Å². The van der Waals surface area contributed by atoms with Gasteiger partial charge in [0.2, 0.25) is 0 Å². The summed E-state index contributed by atoms with van der Waals surface area (Å²) in [5.41, 5.74) is 6.16. The summed E-state index contributed by atoms with van der Waals surface area (Å²) in [7, 11) is 1.64. The van der Waals surface area contributed by atoms with Gasteiger partial charge in [-0.15, -0.1) is 0 Å². The SMILES string of the molecule is COc1ccc(C2=NNC(c3coc4ccccc4c3=O)C2)cc1. The number of hydrazone groups is 1. The van der Waals surface area contributed by atoms with E-state index in [9.17, 15) is 4.79 Å². The van der Waals surface area contributed by atoms with E-state index in [1.165, 1.54) is 6.26 Å². The van der Waals surface area contributed by atoms with Gasteiger partial charge in [0.05, 0.1) is 29.8 Å². The van der Waals surface area contributed by atoms with Crippen LogP contribution in [-0.4, -0.2) is 12.8 Å². The van der Waals surface area contributed by atoms with Gasteiger partial charge in [-0.25, -0.2) is 0 Å². The van der Waals surface area contributed by atoms with Crippen LogP contribution in [0.1, 0.15) is 23.6 Å². The van der Waals surface area contributed by atoms with Crippen LogP contribution in [0.2, 0.25) is 0 Å². The molecule has 4 rings (SSSR count). The van der Waals surface area contributed by atoms with Gasteiger partial charge in [-0.2, -0.15) is 5.10 Å². The molecule has 1 aliphatic heterocycles. The third-order valence-corrected chi connectivity index (χ3v) is 4.26. The van der Waals surface area contributed by atoms with Gasteiger partial charge in [0, 0.05) is 6.42 Å². The molecule has 120 valence electrons. The molecule has 5 heteroatoms. The molecule has 0 spiro atoms. The lowest BCUT2D eigenvalue weighted by molar-refractivity contribution is 0.415. The number of para-hydroxylation sites is 1. The van der Waals surface area contributed by atoms with E-state index in [0.29, 0.717) is 23.0 Å². The van der Waals surface area contributed by atoms with Crippen LogP contribution in [-0.2, 0) is 0 Å². The van der Waals surface area contributed by atoms with Crippen molar-refractivity contribution >= 4 is 16.7 Å². The second-order valence-corrected chi connectivity index (χ2v) is 5.69. The number of benzene rings is 2. The van der Waals surface area contributed by atoms with Crippen LogP contribution in [0, 0.1) is 0 Å². The average Bonchev–Trinajstić information content (AvgIpc) is 3.12. The Balaban J connectivity index is 1.62. The van der Waals surface area contributed by atoms with Crippen LogP contribution in [0.5, 0.6) is 5.75 Å². The van der Waals surface area contributed by atoms with Gasteiger partial charge >= 0.3 is 0 Å². The van der Waals surface area contributed by atoms with E-state index in [1.54, 1.807) is 19.2 Å². The predicted molar refractivity (Wildman–Crippen MR) is 92.5 cm³/mol. The first-order valence-electron chi connectivity index (χ1n) is 7.73. The maximum Gasteiger partial charge on any atom is 0.198 e. The van der Waals surface area contributed by atoms with Crippen molar-refractivity contribution in [2.75, 3.05) is 7.11 Å². The molecule has 24 heavy (non-hydrogen) atoms. The standard InChI is InChI=1S/C19H16N2O3/c1-23-13-8-6-12(7-9-13)16-10-17(21-20-16)15-11-24-18-5-3-2-4-14(18)19(15)22/h2-9,11,17,21H,10H2,1H3. The maximum atomic E-state index is 12.7. The Hall–Kier alpha value is -3.08. The van der Waals surface area contributed by atoms with Crippen molar-refractivity contribution in [1.82, 2.24) is 5.43 Å². The Kier molecular flexibility index (Phi) is 3.54. The van der Waals surface area contributed by atoms with Crippen molar-refractivity contribution in [1.29, 1.82) is 0 Å². The third-order valence-electron chi connectivity index (χ3n) is 4.26. The molecule has 1 atom stereocenters. The number of methoxy groups -OCH3 is 1. The Morgan fingerprint density at radius 3 is 2.75 bits per heavy atom. The fourth-order valence-corrected chi connectivity index (χ4v) is 2.92. The van der Waals surface area contributed by atoms with E-state index in [4.69, 9.17) is 9.15 Å². The lowest BCUT2D eigenvalue weighted by Gasteiger charge is -2.09. The van der Waals surface area contributed by atoms with Crippen molar-refractivity contribution in [3.8, 4) is 5.75 Å². The molecule has 0 fully saturated rings. The summed E-state index contributed by atoms with van der Waals surface area (Å²) in [6, 6.07) is 14.8. The molecule has 0 bridgehead atoms. The second kappa shape index (κ2) is 5.85. The summed E-state index contributed by atoms with van der Waals surface area (Å²) in [5, 5.41) is 4.98. The molecule has 1 unspecified atom stereocenters. The number of rotatable bonds is 3. The molecular formula is C19H16N2O3. The molecule has 2 heterocycles. The minimum atomic E-state index is -0.178. The zero-order valence-corrected chi connectivity index (χ0v) is 13.2. The van der Waals surface area contributed by atoms with E-state index >= 15 is 0 Å². The van der Waals surface area contributed by atoms with E-state index in [-0.39, 0.29) is 11.5 Å². The topological polar surface area (TPSA) is 63.8 Å². The van der Waals surface area contributed by atoms with Gasteiger partial charge in [0.25, 0.3) is 0 Å². The second-order valence-electron chi connectivity index (χ2n) is 5.69. The van der Waals surface area contributed by atoms with Gasteiger partial charge in [0.1, 0.15) is 17.6 Å². The van der Waals surface area contributed by atoms with Crippen LogP contribution in [0.15, 0.2) is 69.1 Å². The number of hydrogen-bond donors (Lipinski definition) is 1. The van der Waals surface area contributed by atoms with Crippen LogP contribution in [0.3, 0.4) is 0 Å². The fourth-order valence-electron chi connectivity index (χ4n) is 2.92. The highest BCUT2D eigenvalue weighted by molar-refractivity contribution is 6.01. The molecule has 0 aliphatic carbocycles. The number of hydrogen-bond acceptors (Lipinski definition) is 5. The lowest BCUT2D eigenvalue weighted by atomic mass is 9.99. The van der Waals surface area contributed by atoms with E-state index in [2.05, 4.69) is 10.5 Å². The predicted octanol–water partition coefficient (Wildman–Crippen LogP) is 3.24. The molecule has 0 radical (unpaired) electrons. The summed E-state index contributed by atoms with van der Waals surface area (Å²) in [6.45, 7) is 0. The minimum Gasteiger partial charge on any atom is -0.497 e. The first kappa shape index (κ1) is 14.5. The highest BCUT2D eigenvalue weighted by Gasteiger charge is 2.24. The number of nitrogens with one attached hydrogen (secondary N) is 1. The monoisotopic (exact) mass is 320 g/mol. The molecule has 0 amide bonds. The zero-order chi connectivity index (χ0) is 16.5. The van der Waals surface area contributed by atoms with E-state index < -0.39 is 0 Å². The first-order chi connectivity index (χ1) is 11.8. The minimum absolute atomic E-state index is 0.0134. The van der Waals surface area contributed by atoms with Gasteiger partial charge in [0.15, 0.2) is 5.43 Å². The highest BCUT2D eigenvalue weighted by Crippen LogP contribution is 2.25. The van der Waals surface area contributed by atoms with Gasteiger partial charge < -0.3 is 14.6 Å². The van der Waals surface area contributed by atoms with E-state index in [1.807, 2.05) is 36.4 Å². The Bertz CT molecular complexity index is 974. The van der Waals surface area contributed by atoms with E-state index in [0.717, 1.165) is 17.0 Å². The molecule has 1 aromatic heterocycles. The van der Waals surface area contributed by atoms with Crippen LogP contribution in [0.4, 0.5) is 0 Å². The summed E-state index contributed by atoms with van der Waals surface area (Å²) < 4.78 is 10.8. The normalized spacial score (nSPS) is 16.7. The molecule has 0 saturated carbocycles. The quantitative estimate of drug-likeness (QED) is 0.804. The average molecular weight is 320 g/mol. The van der Waals surface area contributed by atoms with Gasteiger partial charge in [-0.05, 0) is 42.0 Å². The van der Waals surface area contributed by atoms with Gasteiger partial charge in [-0.3, -0.25) is 4.79 Å². The number of ether oxygens (including phenoxy) is 1. The van der Waals surface area contributed by atoms with Gasteiger partial charge in [-0.1, -0.05) is 12.1 Å². The molecule has 1 N–H and O–H groups in total. The summed E-state index contributed by atoms with van der Waals surface area (Å²) in [5.74, 6) is 0.803. The maximum absolute atomic E-state index is 12.7. The van der Waals surface area contributed by atoms with Crippen LogP contribution < -0.4 is 15.6 Å². The summed E-state index contributed by atoms with van der Waals surface area (Å²) in [6.07, 6.45) is 2.17. The summed E-state index contributed by atoms with van der Waals surface area (Å²) >= 11 is 0. The molecule has 5 nitrogen and oxygen atoms in total. The lowest BCUT2D eigenvalue weighted by Crippen LogP contribution is -2.19. The third kappa shape index (κ3) is 2.44. The molecule has 0 saturated heterocycles. The number of fused-ring (bicyclic) bond motifs is 1.